The smallest absolute Gasteiger partial charge is 0.349 e. The van der Waals surface area contributed by atoms with E-state index < -0.39 is 48.4 Å². The molecule has 0 saturated carbocycles. The molecule has 12 nitrogen and oxygen atoms in total. The molecule has 12 heteroatoms. The van der Waals surface area contributed by atoms with Gasteiger partial charge < -0.3 is 33.2 Å². The Morgan fingerprint density at radius 3 is 2.00 bits per heavy atom. The molecule has 4 rings (SSSR count). The van der Waals surface area contributed by atoms with Crippen molar-refractivity contribution in [1.29, 1.82) is 0 Å². The molecule has 0 radical (unpaired) electrons. The van der Waals surface area contributed by atoms with Gasteiger partial charge in [0.1, 0.15) is 35.5 Å². The predicted molar refractivity (Wildman–Crippen MR) is 158 cm³/mol. The normalized spacial score (nSPS) is 19.0. The lowest BCUT2D eigenvalue weighted by atomic mass is 10.1. The molecule has 2 heterocycles. The van der Waals surface area contributed by atoms with Gasteiger partial charge in [0.15, 0.2) is 18.5 Å². The predicted octanol–water partition coefficient (Wildman–Crippen LogP) is 3.70. The summed E-state index contributed by atoms with van der Waals surface area (Å²) in [6, 6.07) is 15.6. The topological polar surface area (TPSA) is 137 Å². The minimum absolute atomic E-state index is 0.172. The van der Waals surface area contributed by atoms with Crippen molar-refractivity contribution >= 4 is 36.0 Å². The highest BCUT2D eigenvalue weighted by Gasteiger charge is 2.54. The van der Waals surface area contributed by atoms with Gasteiger partial charge in [-0.3, -0.25) is 14.4 Å². The molecule has 1 saturated heterocycles. The van der Waals surface area contributed by atoms with Gasteiger partial charge in [0.25, 0.3) is 0 Å². The molecule has 2 aromatic carbocycles. The van der Waals surface area contributed by atoms with Crippen LogP contribution in [0.25, 0.3) is 12.2 Å². The molecule has 1 fully saturated rings. The van der Waals surface area contributed by atoms with Crippen molar-refractivity contribution in [2.24, 2.45) is 0 Å². The van der Waals surface area contributed by atoms with E-state index in [1.165, 1.54) is 31.5 Å². The summed E-state index contributed by atoms with van der Waals surface area (Å²) in [6.45, 7) is 3.39. The number of carbonyl (C=O) groups excluding carboxylic acids is 4. The van der Waals surface area contributed by atoms with Gasteiger partial charge in [-0.2, -0.15) is 4.57 Å². The molecule has 0 bridgehead atoms. The maximum Gasteiger partial charge on any atom is 0.349 e. The van der Waals surface area contributed by atoms with Crippen molar-refractivity contribution in [3.63, 3.8) is 0 Å². The third kappa shape index (κ3) is 8.89. The number of methoxy groups -OCH3 is 2. The Morgan fingerprint density at radius 1 is 0.778 bits per heavy atom. The lowest BCUT2D eigenvalue weighted by molar-refractivity contribution is -0.765. The molecular formula is C33H34NO11+. The molecule has 0 aliphatic carbocycles. The summed E-state index contributed by atoms with van der Waals surface area (Å²) in [5, 5.41) is 0. The molecule has 1 aliphatic rings. The highest BCUT2D eigenvalue weighted by atomic mass is 16.7. The van der Waals surface area contributed by atoms with Gasteiger partial charge in [-0.1, -0.05) is 24.3 Å². The van der Waals surface area contributed by atoms with Crippen LogP contribution in [-0.4, -0.2) is 63.0 Å². The van der Waals surface area contributed by atoms with E-state index in [2.05, 4.69) is 0 Å². The standard InChI is InChI=1S/C33H34NO11/c1-20(35)41-19-29-30(42-21(2)36)31(43-22(3)37)32(45-29)34-14-6-7-25(18-34)33(38)44-26-12-10-23(11-13-26)8-9-24-15-27(39-4)17-28(16-24)40-5/h6-18,29-32H,19H2,1-5H3/q+1/b9-8+/t29-,30-,31-,32?/m1/s1. The Labute approximate surface area is 260 Å². The van der Waals surface area contributed by atoms with Crippen molar-refractivity contribution < 1.29 is 56.9 Å². The third-order valence-electron chi connectivity index (χ3n) is 6.62. The SMILES string of the molecule is COc1cc(/C=C/c2ccc(OC(=O)c3ccc[n+](C4O[C@H](COC(C)=O)[C@@H](OC(C)=O)[C@H]4OC(C)=O)c3)cc2)cc(OC)c1. The summed E-state index contributed by atoms with van der Waals surface area (Å²) in [5.74, 6) is -0.827. The van der Waals surface area contributed by atoms with E-state index in [0.717, 1.165) is 11.1 Å². The molecule has 1 aliphatic heterocycles. The molecule has 1 aromatic heterocycles. The second-order valence-electron chi connectivity index (χ2n) is 9.99. The first kappa shape index (κ1) is 32.7. The van der Waals surface area contributed by atoms with Crippen LogP contribution in [0.4, 0.5) is 0 Å². The Kier molecular flexibility index (Phi) is 10.9. The second-order valence-corrected chi connectivity index (χ2v) is 9.99. The molecular weight excluding hydrogens is 586 g/mol. The van der Waals surface area contributed by atoms with E-state index in [9.17, 15) is 19.2 Å². The maximum atomic E-state index is 13.1. The number of hydrogen-bond acceptors (Lipinski definition) is 11. The van der Waals surface area contributed by atoms with Crippen LogP contribution in [0.15, 0.2) is 67.0 Å². The van der Waals surface area contributed by atoms with Crippen LogP contribution in [0.3, 0.4) is 0 Å². The maximum absolute atomic E-state index is 13.1. The fourth-order valence-electron chi connectivity index (χ4n) is 4.64. The van der Waals surface area contributed by atoms with Gasteiger partial charge in [0.05, 0.1) is 14.2 Å². The molecule has 1 unspecified atom stereocenters. The van der Waals surface area contributed by atoms with Crippen LogP contribution in [0.5, 0.6) is 17.2 Å². The van der Waals surface area contributed by atoms with E-state index >= 15 is 0 Å². The fourth-order valence-corrected chi connectivity index (χ4v) is 4.64. The van der Waals surface area contributed by atoms with Crippen molar-refractivity contribution in [1.82, 2.24) is 0 Å². The monoisotopic (exact) mass is 620 g/mol. The number of ether oxygens (including phenoxy) is 7. The minimum atomic E-state index is -1.10. The van der Waals surface area contributed by atoms with Gasteiger partial charge in [-0.25, -0.2) is 4.79 Å². The summed E-state index contributed by atoms with van der Waals surface area (Å²) in [5.41, 5.74) is 1.93. The summed E-state index contributed by atoms with van der Waals surface area (Å²) in [4.78, 5) is 48.3. The van der Waals surface area contributed by atoms with Crippen LogP contribution in [0.1, 0.15) is 48.5 Å². The zero-order chi connectivity index (χ0) is 32.5. The van der Waals surface area contributed by atoms with Gasteiger partial charge in [0, 0.05) is 32.9 Å². The van der Waals surface area contributed by atoms with Crippen LogP contribution in [-0.2, 0) is 33.3 Å². The zero-order valence-electron chi connectivity index (χ0n) is 25.5. The number of pyridine rings is 1. The Hall–Kier alpha value is -5.23. The van der Waals surface area contributed by atoms with Crippen LogP contribution >= 0.6 is 0 Å². The minimum Gasteiger partial charge on any atom is -0.497 e. The number of aromatic nitrogens is 1. The summed E-state index contributed by atoms with van der Waals surface area (Å²) >= 11 is 0. The van der Waals surface area contributed by atoms with Gasteiger partial charge in [0.2, 0.25) is 6.10 Å². The van der Waals surface area contributed by atoms with Crippen LogP contribution in [0.2, 0.25) is 0 Å². The van der Waals surface area contributed by atoms with Crippen molar-refractivity contribution in [2.75, 3.05) is 20.8 Å². The van der Waals surface area contributed by atoms with Crippen molar-refractivity contribution in [2.45, 2.75) is 45.3 Å². The Bertz CT molecular complexity index is 1540. The first-order chi connectivity index (χ1) is 21.6. The van der Waals surface area contributed by atoms with E-state index in [0.29, 0.717) is 17.2 Å². The second kappa shape index (κ2) is 15.0. The first-order valence-electron chi connectivity index (χ1n) is 13.9. The quantitative estimate of drug-likeness (QED) is 0.102. The number of carbonyl (C=O) groups is 4. The van der Waals surface area contributed by atoms with Crippen LogP contribution < -0.4 is 18.8 Å². The number of hydrogen-bond donors (Lipinski definition) is 0. The highest BCUT2D eigenvalue weighted by Crippen LogP contribution is 2.31. The number of esters is 4. The molecule has 45 heavy (non-hydrogen) atoms. The van der Waals surface area contributed by atoms with Gasteiger partial charge in [-0.05, 0) is 41.5 Å². The van der Waals surface area contributed by atoms with Crippen molar-refractivity contribution in [3.8, 4) is 17.2 Å². The number of nitrogens with zero attached hydrogens (tertiary/aromatic N) is 1. The summed E-state index contributed by atoms with van der Waals surface area (Å²) < 4.78 is 39.7. The lowest BCUT2D eigenvalue weighted by Crippen LogP contribution is -2.48. The first-order valence-corrected chi connectivity index (χ1v) is 13.9. The number of rotatable bonds is 11. The summed E-state index contributed by atoms with van der Waals surface area (Å²) in [6.07, 6.45) is 2.75. The largest absolute Gasteiger partial charge is 0.497 e. The lowest BCUT2D eigenvalue weighted by Gasteiger charge is -2.21. The highest BCUT2D eigenvalue weighted by molar-refractivity contribution is 5.90. The zero-order valence-corrected chi connectivity index (χ0v) is 25.5. The van der Waals surface area contributed by atoms with E-state index in [1.807, 2.05) is 24.3 Å². The van der Waals surface area contributed by atoms with E-state index in [4.69, 9.17) is 33.2 Å². The van der Waals surface area contributed by atoms with E-state index in [-0.39, 0.29) is 12.2 Å². The summed E-state index contributed by atoms with van der Waals surface area (Å²) in [7, 11) is 3.17. The van der Waals surface area contributed by atoms with Crippen LogP contribution in [0, 0.1) is 0 Å². The average Bonchev–Trinajstić information content (AvgIpc) is 3.34. The average molecular weight is 621 g/mol. The molecule has 4 atom stereocenters. The molecule has 0 amide bonds. The van der Waals surface area contributed by atoms with E-state index in [1.54, 1.807) is 62.9 Å². The Morgan fingerprint density at radius 2 is 1.40 bits per heavy atom. The molecule has 3 aromatic rings. The Balaban J connectivity index is 1.49. The van der Waals surface area contributed by atoms with Gasteiger partial charge >= 0.3 is 30.1 Å². The third-order valence-corrected chi connectivity index (χ3v) is 6.62. The molecule has 0 N–H and O–H groups in total. The molecule has 236 valence electrons. The van der Waals surface area contributed by atoms with Gasteiger partial charge in [-0.15, -0.1) is 0 Å². The molecule has 0 spiro atoms. The number of benzene rings is 2. The van der Waals surface area contributed by atoms with Crippen molar-refractivity contribution in [3.05, 3.63) is 83.7 Å². The fraction of sp³-hybridized carbons (Fsp3) is 0.303.